The van der Waals surface area contributed by atoms with Crippen molar-refractivity contribution in [3.63, 3.8) is 0 Å². The summed E-state index contributed by atoms with van der Waals surface area (Å²) < 4.78 is 1.99. The highest BCUT2D eigenvalue weighted by molar-refractivity contribution is 5.84. The first-order valence-corrected chi connectivity index (χ1v) is 7.01. The van der Waals surface area contributed by atoms with Gasteiger partial charge in [0.25, 0.3) is 0 Å². The summed E-state index contributed by atoms with van der Waals surface area (Å²) in [5.41, 5.74) is 2.02. The highest BCUT2D eigenvalue weighted by Gasteiger charge is 2.21. The SMILES string of the molecule is Cc1nc2ccccc2n1C(C)C(=O)NCC(C)(C)C. The number of rotatable bonds is 3. The molecule has 4 nitrogen and oxygen atoms in total. The van der Waals surface area contributed by atoms with Crippen molar-refractivity contribution in [2.45, 2.75) is 40.7 Å². The molecule has 0 aliphatic heterocycles. The molecule has 1 aromatic carbocycles. The molecule has 0 radical (unpaired) electrons. The van der Waals surface area contributed by atoms with Crippen molar-refractivity contribution < 1.29 is 4.79 Å². The van der Waals surface area contributed by atoms with E-state index in [9.17, 15) is 4.79 Å². The molecular formula is C16H23N3O. The molecule has 2 aromatic rings. The summed E-state index contributed by atoms with van der Waals surface area (Å²) in [4.78, 5) is 16.8. The first-order valence-electron chi connectivity index (χ1n) is 7.01. The van der Waals surface area contributed by atoms with Gasteiger partial charge >= 0.3 is 0 Å². The molecule has 2 rings (SSSR count). The van der Waals surface area contributed by atoms with Crippen molar-refractivity contribution in [1.29, 1.82) is 0 Å². The standard InChI is InChI=1S/C16H23N3O/c1-11(15(20)17-10-16(3,4)5)19-12(2)18-13-8-6-7-9-14(13)19/h6-9,11H,10H2,1-5H3,(H,17,20). The monoisotopic (exact) mass is 273 g/mol. The Morgan fingerprint density at radius 1 is 1.35 bits per heavy atom. The van der Waals surface area contributed by atoms with Gasteiger partial charge in [-0.2, -0.15) is 0 Å². The molecule has 0 saturated carbocycles. The summed E-state index contributed by atoms with van der Waals surface area (Å²) in [5, 5.41) is 3.02. The van der Waals surface area contributed by atoms with Gasteiger partial charge in [-0.15, -0.1) is 0 Å². The molecule has 0 aliphatic carbocycles. The van der Waals surface area contributed by atoms with Crippen LogP contribution in [0.2, 0.25) is 0 Å². The van der Waals surface area contributed by atoms with Crippen molar-refractivity contribution in [1.82, 2.24) is 14.9 Å². The molecule has 0 aliphatic rings. The lowest BCUT2D eigenvalue weighted by atomic mass is 9.97. The van der Waals surface area contributed by atoms with E-state index in [2.05, 4.69) is 31.1 Å². The van der Waals surface area contributed by atoms with Gasteiger partial charge in [-0.25, -0.2) is 4.98 Å². The van der Waals surface area contributed by atoms with Gasteiger partial charge in [0.05, 0.1) is 11.0 Å². The Balaban J connectivity index is 2.25. The van der Waals surface area contributed by atoms with Gasteiger partial charge in [-0.1, -0.05) is 32.9 Å². The number of carbonyl (C=O) groups is 1. The summed E-state index contributed by atoms with van der Waals surface area (Å²) in [6.07, 6.45) is 0. The van der Waals surface area contributed by atoms with Crippen LogP contribution < -0.4 is 5.32 Å². The fourth-order valence-corrected chi connectivity index (χ4v) is 2.27. The highest BCUT2D eigenvalue weighted by atomic mass is 16.2. The predicted octanol–water partition coefficient (Wildman–Crippen LogP) is 3.07. The molecule has 1 unspecified atom stereocenters. The number of benzene rings is 1. The molecule has 108 valence electrons. The van der Waals surface area contributed by atoms with E-state index >= 15 is 0 Å². The zero-order valence-corrected chi connectivity index (χ0v) is 12.9. The number of aryl methyl sites for hydroxylation is 1. The average Bonchev–Trinajstić information content (AvgIpc) is 2.70. The van der Waals surface area contributed by atoms with Crippen LogP contribution in [0.1, 0.15) is 39.6 Å². The number of aromatic nitrogens is 2. The molecular weight excluding hydrogens is 250 g/mol. The molecule has 1 atom stereocenters. The van der Waals surface area contributed by atoms with Crippen LogP contribution in [0.4, 0.5) is 0 Å². The number of amides is 1. The Kier molecular flexibility index (Phi) is 3.84. The summed E-state index contributed by atoms with van der Waals surface area (Å²) in [6, 6.07) is 7.65. The van der Waals surface area contributed by atoms with E-state index in [4.69, 9.17) is 0 Å². The van der Waals surface area contributed by atoms with E-state index in [0.29, 0.717) is 6.54 Å². The minimum absolute atomic E-state index is 0.0335. The second-order valence-electron chi connectivity index (χ2n) is 6.47. The van der Waals surface area contributed by atoms with Crippen molar-refractivity contribution >= 4 is 16.9 Å². The summed E-state index contributed by atoms with van der Waals surface area (Å²) >= 11 is 0. The maximum Gasteiger partial charge on any atom is 0.242 e. The third-order valence-corrected chi connectivity index (χ3v) is 3.33. The Morgan fingerprint density at radius 2 is 2.00 bits per heavy atom. The van der Waals surface area contributed by atoms with Crippen molar-refractivity contribution in [2.75, 3.05) is 6.54 Å². The minimum atomic E-state index is -0.259. The molecule has 1 heterocycles. The smallest absolute Gasteiger partial charge is 0.242 e. The molecule has 4 heteroatoms. The topological polar surface area (TPSA) is 46.9 Å². The Hall–Kier alpha value is -1.84. The normalized spacial score (nSPS) is 13.4. The lowest BCUT2D eigenvalue weighted by Crippen LogP contribution is -2.36. The van der Waals surface area contributed by atoms with E-state index in [1.54, 1.807) is 0 Å². The van der Waals surface area contributed by atoms with Crippen molar-refractivity contribution in [3.8, 4) is 0 Å². The Labute approximate surface area is 120 Å². The largest absolute Gasteiger partial charge is 0.354 e. The van der Waals surface area contributed by atoms with Gasteiger partial charge in [-0.3, -0.25) is 4.79 Å². The van der Waals surface area contributed by atoms with Crippen LogP contribution in [0.25, 0.3) is 11.0 Å². The van der Waals surface area contributed by atoms with Crippen LogP contribution >= 0.6 is 0 Å². The van der Waals surface area contributed by atoms with E-state index in [1.165, 1.54) is 0 Å². The first kappa shape index (κ1) is 14.6. The van der Waals surface area contributed by atoms with E-state index in [0.717, 1.165) is 16.9 Å². The van der Waals surface area contributed by atoms with Crippen molar-refractivity contribution in [2.24, 2.45) is 5.41 Å². The Bertz CT molecular complexity index is 622. The van der Waals surface area contributed by atoms with E-state index < -0.39 is 0 Å². The van der Waals surface area contributed by atoms with Crippen LogP contribution in [0.3, 0.4) is 0 Å². The lowest BCUT2D eigenvalue weighted by Gasteiger charge is -2.22. The van der Waals surface area contributed by atoms with Gasteiger partial charge in [0.2, 0.25) is 5.91 Å². The molecule has 0 spiro atoms. The molecule has 0 fully saturated rings. The first-order chi connectivity index (χ1) is 9.29. The van der Waals surface area contributed by atoms with E-state index in [-0.39, 0.29) is 17.4 Å². The van der Waals surface area contributed by atoms with Crippen LogP contribution in [-0.4, -0.2) is 22.0 Å². The zero-order valence-electron chi connectivity index (χ0n) is 12.9. The fourth-order valence-electron chi connectivity index (χ4n) is 2.27. The van der Waals surface area contributed by atoms with Crippen LogP contribution in [-0.2, 0) is 4.79 Å². The minimum Gasteiger partial charge on any atom is -0.354 e. The predicted molar refractivity (Wildman–Crippen MR) is 81.6 cm³/mol. The van der Waals surface area contributed by atoms with Gasteiger partial charge < -0.3 is 9.88 Å². The zero-order chi connectivity index (χ0) is 14.9. The maximum atomic E-state index is 12.3. The molecule has 1 aromatic heterocycles. The second-order valence-corrected chi connectivity index (χ2v) is 6.47. The quantitative estimate of drug-likeness (QED) is 0.934. The Morgan fingerprint density at radius 3 is 2.65 bits per heavy atom. The number of carbonyl (C=O) groups excluding carboxylic acids is 1. The van der Waals surface area contributed by atoms with Gasteiger partial charge in [0, 0.05) is 6.54 Å². The number of imidazole rings is 1. The third kappa shape index (κ3) is 3.00. The number of fused-ring (bicyclic) bond motifs is 1. The maximum absolute atomic E-state index is 12.3. The summed E-state index contributed by atoms with van der Waals surface area (Å²) in [6.45, 7) is 10.8. The van der Waals surface area contributed by atoms with Gasteiger partial charge in [0.1, 0.15) is 11.9 Å². The molecule has 0 bridgehead atoms. The van der Waals surface area contributed by atoms with Gasteiger partial charge in [0.15, 0.2) is 0 Å². The lowest BCUT2D eigenvalue weighted by molar-refractivity contribution is -0.124. The molecule has 1 N–H and O–H groups in total. The summed E-state index contributed by atoms with van der Waals surface area (Å²) in [5.74, 6) is 0.899. The summed E-state index contributed by atoms with van der Waals surface area (Å²) in [7, 11) is 0. The van der Waals surface area contributed by atoms with Gasteiger partial charge in [-0.05, 0) is 31.4 Å². The number of para-hydroxylation sites is 2. The number of hydrogen-bond donors (Lipinski definition) is 1. The number of nitrogens with zero attached hydrogens (tertiary/aromatic N) is 2. The van der Waals surface area contributed by atoms with Crippen LogP contribution in [0, 0.1) is 12.3 Å². The number of hydrogen-bond acceptors (Lipinski definition) is 2. The third-order valence-electron chi connectivity index (χ3n) is 3.33. The van der Waals surface area contributed by atoms with Crippen molar-refractivity contribution in [3.05, 3.63) is 30.1 Å². The van der Waals surface area contributed by atoms with Crippen LogP contribution in [0.5, 0.6) is 0 Å². The molecule has 1 amide bonds. The van der Waals surface area contributed by atoms with E-state index in [1.807, 2.05) is 42.7 Å². The number of nitrogens with one attached hydrogen (secondary N) is 1. The molecule has 0 saturated heterocycles. The van der Waals surface area contributed by atoms with Crippen LogP contribution in [0.15, 0.2) is 24.3 Å². The molecule has 20 heavy (non-hydrogen) atoms. The second kappa shape index (κ2) is 5.27. The fraction of sp³-hybridized carbons (Fsp3) is 0.500. The highest BCUT2D eigenvalue weighted by Crippen LogP contribution is 2.21. The average molecular weight is 273 g/mol.